The highest BCUT2D eigenvalue weighted by molar-refractivity contribution is 6.10. The molecule has 0 radical (unpaired) electrons. The zero-order valence-corrected chi connectivity index (χ0v) is 16.4. The molecule has 0 N–H and O–H groups in total. The first-order valence-electron chi connectivity index (χ1n) is 11.5. The van der Waals surface area contributed by atoms with E-state index >= 15 is 0 Å². The summed E-state index contributed by atoms with van der Waals surface area (Å²) in [6, 6.07) is 13.9. The lowest BCUT2D eigenvalue weighted by atomic mass is 10.1. The van der Waals surface area contributed by atoms with E-state index in [0.29, 0.717) is 11.3 Å². The van der Waals surface area contributed by atoms with Gasteiger partial charge in [0.2, 0.25) is 5.71 Å². The Morgan fingerprint density at radius 3 is 2.61 bits per heavy atom. The van der Waals surface area contributed by atoms with Crippen LogP contribution in [0.4, 0.5) is 17.1 Å². The maximum absolute atomic E-state index is 8.82. The summed E-state index contributed by atoms with van der Waals surface area (Å²) in [5, 5.41) is 1.90. The first-order chi connectivity index (χ1) is 15.0. The largest absolute Gasteiger partial charge is 0.435 e. The monoisotopic (exact) mass is 375 g/mol. The maximum atomic E-state index is 8.82. The number of nitrogens with zero attached hydrogens (tertiary/aromatic N) is 3. The molecule has 1 aliphatic rings. The SMILES string of the molecule is [2H]C([2H])([2H])C([2H])(C)N1c2ccccc2N(c2c(C)ccc3c2oc2nc(C)ccc23)C1C. The van der Waals surface area contributed by atoms with E-state index < -0.39 is 19.0 Å². The quantitative estimate of drug-likeness (QED) is 0.411. The molecule has 0 saturated carbocycles. The number of furan rings is 1. The van der Waals surface area contributed by atoms with Gasteiger partial charge in [-0.1, -0.05) is 24.3 Å². The van der Waals surface area contributed by atoms with Gasteiger partial charge in [-0.15, -0.1) is 0 Å². The predicted octanol–water partition coefficient (Wildman–Crippen LogP) is 6.31. The summed E-state index contributed by atoms with van der Waals surface area (Å²) in [4.78, 5) is 8.32. The first-order valence-corrected chi connectivity index (χ1v) is 9.49. The van der Waals surface area contributed by atoms with E-state index in [4.69, 9.17) is 9.90 Å². The van der Waals surface area contributed by atoms with Crippen LogP contribution in [0.5, 0.6) is 0 Å². The molecule has 3 heterocycles. The molecule has 0 aliphatic carbocycles. The minimum Gasteiger partial charge on any atom is -0.435 e. The molecule has 4 aromatic rings. The number of para-hydroxylation sites is 2. The Morgan fingerprint density at radius 1 is 1.07 bits per heavy atom. The number of anilines is 3. The van der Waals surface area contributed by atoms with Gasteiger partial charge in [-0.2, -0.15) is 0 Å². The number of pyridine rings is 1. The Kier molecular flexibility index (Phi) is 2.83. The van der Waals surface area contributed by atoms with Crippen LogP contribution in [0, 0.1) is 13.8 Å². The van der Waals surface area contributed by atoms with Crippen molar-refractivity contribution in [1.82, 2.24) is 4.98 Å². The maximum Gasteiger partial charge on any atom is 0.227 e. The van der Waals surface area contributed by atoms with Crippen molar-refractivity contribution >= 4 is 39.1 Å². The number of rotatable bonds is 2. The fourth-order valence-electron chi connectivity index (χ4n) is 4.35. The minimum atomic E-state index is -2.49. The van der Waals surface area contributed by atoms with E-state index in [0.717, 1.165) is 39.1 Å². The molecule has 0 saturated heterocycles. The fourth-order valence-corrected chi connectivity index (χ4v) is 4.35. The topological polar surface area (TPSA) is 32.5 Å². The molecule has 2 aromatic carbocycles. The first kappa shape index (κ1) is 13.2. The summed E-state index contributed by atoms with van der Waals surface area (Å²) in [5.74, 6) is 0. The van der Waals surface area contributed by atoms with Crippen LogP contribution in [-0.2, 0) is 0 Å². The van der Waals surface area contributed by atoms with Crippen molar-refractivity contribution in [2.24, 2.45) is 0 Å². The van der Waals surface area contributed by atoms with Gasteiger partial charge in [-0.25, -0.2) is 4.98 Å². The third kappa shape index (κ3) is 2.27. The molecule has 0 bridgehead atoms. The van der Waals surface area contributed by atoms with E-state index in [9.17, 15) is 0 Å². The van der Waals surface area contributed by atoms with Crippen LogP contribution in [0.15, 0.2) is 52.9 Å². The standard InChI is InChI=1S/C24H25N3O/c1-14(2)26-17(5)27(21-9-7-6-8-20(21)26)22-15(3)10-12-18-19-13-11-16(4)25-24(19)28-23(18)22/h6-14,17H,1-5H3/i1D3,14D. The zero-order chi connectivity index (χ0) is 23.0. The molecule has 4 heteroatoms. The number of hydrogen-bond donors (Lipinski definition) is 0. The lowest BCUT2D eigenvalue weighted by Crippen LogP contribution is -2.42. The van der Waals surface area contributed by atoms with E-state index in [2.05, 4.69) is 9.88 Å². The van der Waals surface area contributed by atoms with Gasteiger partial charge in [-0.05, 0) is 64.4 Å². The molecule has 0 amide bonds. The molecular formula is C24H25N3O. The van der Waals surface area contributed by atoms with E-state index in [1.807, 2.05) is 69.3 Å². The minimum absolute atomic E-state index is 0.414. The van der Waals surface area contributed by atoms with Crippen LogP contribution in [0.1, 0.15) is 37.4 Å². The van der Waals surface area contributed by atoms with Crippen LogP contribution in [-0.4, -0.2) is 17.2 Å². The van der Waals surface area contributed by atoms with Crippen LogP contribution in [0.25, 0.3) is 22.1 Å². The molecule has 28 heavy (non-hydrogen) atoms. The summed E-state index contributed by atoms with van der Waals surface area (Å²) in [7, 11) is 0. The third-order valence-electron chi connectivity index (χ3n) is 5.57. The van der Waals surface area contributed by atoms with Crippen LogP contribution >= 0.6 is 0 Å². The number of aromatic nitrogens is 1. The molecule has 1 aliphatic heterocycles. The predicted molar refractivity (Wildman–Crippen MR) is 117 cm³/mol. The van der Waals surface area contributed by atoms with Gasteiger partial charge in [0.15, 0.2) is 5.58 Å². The van der Waals surface area contributed by atoms with Crippen molar-refractivity contribution in [1.29, 1.82) is 0 Å². The second kappa shape index (κ2) is 5.99. The van der Waals surface area contributed by atoms with E-state index in [-0.39, 0.29) is 0 Å². The van der Waals surface area contributed by atoms with Crippen LogP contribution in [0.2, 0.25) is 0 Å². The number of fused-ring (bicyclic) bond motifs is 4. The van der Waals surface area contributed by atoms with Crippen molar-refractivity contribution in [2.75, 3.05) is 9.80 Å². The second-order valence-corrected chi connectivity index (χ2v) is 7.46. The number of aryl methyl sites for hydroxylation is 2. The van der Waals surface area contributed by atoms with E-state index in [1.165, 1.54) is 6.92 Å². The van der Waals surface area contributed by atoms with Crippen molar-refractivity contribution < 1.29 is 9.90 Å². The summed E-state index contributed by atoms with van der Waals surface area (Å²) in [6.45, 7) is 4.84. The average Bonchev–Trinajstić information content (AvgIpc) is 3.21. The van der Waals surface area contributed by atoms with Crippen molar-refractivity contribution in [2.45, 2.75) is 46.7 Å². The highest BCUT2D eigenvalue weighted by Gasteiger charge is 2.37. The highest BCUT2D eigenvalue weighted by atomic mass is 16.3. The molecule has 0 fully saturated rings. The highest BCUT2D eigenvalue weighted by Crippen LogP contribution is 2.48. The van der Waals surface area contributed by atoms with Gasteiger partial charge >= 0.3 is 0 Å². The molecular weight excluding hydrogens is 346 g/mol. The smallest absolute Gasteiger partial charge is 0.227 e. The summed E-state index contributed by atoms with van der Waals surface area (Å²) in [5.41, 5.74) is 5.60. The number of hydrogen-bond acceptors (Lipinski definition) is 4. The number of benzene rings is 2. The molecule has 0 spiro atoms. The molecule has 142 valence electrons. The van der Waals surface area contributed by atoms with Crippen LogP contribution in [0.3, 0.4) is 0 Å². The Morgan fingerprint density at radius 2 is 1.82 bits per heavy atom. The lowest BCUT2D eigenvalue weighted by molar-refractivity contribution is 0.601. The summed E-state index contributed by atoms with van der Waals surface area (Å²) < 4.78 is 39.2. The van der Waals surface area contributed by atoms with Crippen molar-refractivity contribution in [3.05, 3.63) is 59.8 Å². The Bertz CT molecular complexity index is 1360. The molecule has 2 unspecified atom stereocenters. The second-order valence-electron chi connectivity index (χ2n) is 7.46. The van der Waals surface area contributed by atoms with E-state index in [1.54, 1.807) is 4.90 Å². The molecule has 4 nitrogen and oxygen atoms in total. The average molecular weight is 376 g/mol. The van der Waals surface area contributed by atoms with Gasteiger partial charge < -0.3 is 14.2 Å². The molecule has 5 rings (SSSR count). The summed E-state index contributed by atoms with van der Waals surface area (Å²) in [6.07, 6.45) is -0.414. The Balaban J connectivity index is 1.79. The van der Waals surface area contributed by atoms with Gasteiger partial charge in [0, 0.05) is 26.6 Å². The zero-order valence-electron chi connectivity index (χ0n) is 20.4. The normalized spacial score (nSPS) is 21.2. The van der Waals surface area contributed by atoms with Crippen molar-refractivity contribution in [3.63, 3.8) is 0 Å². The van der Waals surface area contributed by atoms with Gasteiger partial charge in [0.25, 0.3) is 0 Å². The lowest BCUT2D eigenvalue weighted by Gasteiger charge is -2.33. The van der Waals surface area contributed by atoms with Crippen molar-refractivity contribution in [3.8, 4) is 0 Å². The van der Waals surface area contributed by atoms with Gasteiger partial charge in [0.1, 0.15) is 6.17 Å². The summed E-state index contributed by atoms with van der Waals surface area (Å²) >= 11 is 0. The third-order valence-corrected chi connectivity index (χ3v) is 5.57. The van der Waals surface area contributed by atoms with Crippen LogP contribution < -0.4 is 9.80 Å². The molecule has 2 atom stereocenters. The van der Waals surface area contributed by atoms with Gasteiger partial charge in [-0.3, -0.25) is 0 Å². The molecule has 2 aromatic heterocycles. The fraction of sp³-hybridized carbons (Fsp3) is 0.292. The van der Waals surface area contributed by atoms with Gasteiger partial charge in [0.05, 0.1) is 18.4 Å². The Hall–Kier alpha value is -3.01. The Labute approximate surface area is 171 Å².